The van der Waals surface area contributed by atoms with Gasteiger partial charge < -0.3 is 10.6 Å². The number of benzene rings is 1. The molecule has 134 valence electrons. The van der Waals surface area contributed by atoms with E-state index in [4.69, 9.17) is 5.73 Å². The number of anilines is 1. The van der Waals surface area contributed by atoms with Crippen molar-refractivity contribution in [3.63, 3.8) is 0 Å². The van der Waals surface area contributed by atoms with Crippen LogP contribution >= 0.6 is 11.8 Å². The molecule has 0 saturated heterocycles. The Balaban J connectivity index is 0.000000472. The number of hydrogen-bond donors (Lipinski definition) is 1. The molecule has 0 fully saturated rings. The largest absolute Gasteiger partial charge is 0.369 e. The van der Waals surface area contributed by atoms with E-state index < -0.39 is 5.91 Å². The van der Waals surface area contributed by atoms with Gasteiger partial charge in [-0.15, -0.1) is 0 Å². The van der Waals surface area contributed by atoms with E-state index in [1.165, 1.54) is 0 Å². The van der Waals surface area contributed by atoms with Crippen molar-refractivity contribution < 1.29 is 4.79 Å². The number of hydrogen-bond acceptors (Lipinski definition) is 6. The fourth-order valence-electron chi connectivity index (χ4n) is 2.14. The summed E-state index contributed by atoms with van der Waals surface area (Å²) in [5.74, 6) is 0.0636. The van der Waals surface area contributed by atoms with Crippen LogP contribution in [0.25, 0.3) is 0 Å². The standard InChI is InChI=1S/C13H15N5OS.C6H6/c1-4-8-9(5-14)12(18(2)3)17-13(10(8)6-15)20-7-11(16)19;1-2-4-6-5-3-1/h4,7H2,1-3H3,(H2,16,19);1-6H. The topological polar surface area (TPSA) is 107 Å². The SMILES string of the molecule is CCc1c(C#N)c(SCC(N)=O)nc(N(C)C)c1C#N.c1ccccc1. The first-order valence-corrected chi connectivity index (χ1v) is 8.90. The number of amides is 1. The molecule has 0 unspecified atom stereocenters. The van der Waals surface area contributed by atoms with Gasteiger partial charge in [-0.3, -0.25) is 4.79 Å². The lowest BCUT2D eigenvalue weighted by atomic mass is 10.0. The van der Waals surface area contributed by atoms with E-state index in [0.29, 0.717) is 34.0 Å². The fourth-order valence-corrected chi connectivity index (χ4v) is 2.88. The van der Waals surface area contributed by atoms with Crippen molar-refractivity contribution >= 4 is 23.5 Å². The second kappa shape index (κ2) is 10.8. The van der Waals surface area contributed by atoms with Crippen molar-refractivity contribution in [2.24, 2.45) is 5.73 Å². The lowest BCUT2D eigenvalue weighted by Crippen LogP contribution is -2.17. The highest BCUT2D eigenvalue weighted by molar-refractivity contribution is 8.00. The summed E-state index contributed by atoms with van der Waals surface area (Å²) in [7, 11) is 3.55. The van der Waals surface area contributed by atoms with Gasteiger partial charge in [0.15, 0.2) is 0 Å². The minimum absolute atomic E-state index is 0.0452. The minimum atomic E-state index is -0.477. The van der Waals surface area contributed by atoms with Crippen LogP contribution in [0.2, 0.25) is 0 Å². The maximum absolute atomic E-state index is 10.9. The summed E-state index contributed by atoms with van der Waals surface area (Å²) < 4.78 is 0. The molecule has 2 rings (SSSR count). The van der Waals surface area contributed by atoms with Gasteiger partial charge in [-0.2, -0.15) is 10.5 Å². The van der Waals surface area contributed by atoms with Gasteiger partial charge in [-0.05, 0) is 12.0 Å². The Bertz CT molecular complexity index is 796. The third kappa shape index (κ3) is 5.80. The molecule has 0 aliphatic heterocycles. The number of pyridine rings is 1. The predicted molar refractivity (Wildman–Crippen MR) is 104 cm³/mol. The average molecular weight is 367 g/mol. The van der Waals surface area contributed by atoms with Crippen LogP contribution < -0.4 is 10.6 Å². The average Bonchev–Trinajstić information content (AvgIpc) is 2.66. The zero-order valence-electron chi connectivity index (χ0n) is 15.1. The molecule has 7 heteroatoms. The van der Waals surface area contributed by atoms with Crippen molar-refractivity contribution in [2.75, 3.05) is 24.7 Å². The van der Waals surface area contributed by atoms with Crippen LogP contribution in [-0.2, 0) is 11.2 Å². The Kier molecular flexibility index (Phi) is 8.69. The molecule has 1 amide bonds. The molecule has 0 spiro atoms. The Labute approximate surface area is 158 Å². The van der Waals surface area contributed by atoms with Gasteiger partial charge in [-0.25, -0.2) is 4.98 Å². The van der Waals surface area contributed by atoms with E-state index in [1.54, 1.807) is 19.0 Å². The van der Waals surface area contributed by atoms with Gasteiger partial charge in [-0.1, -0.05) is 55.1 Å². The molecular formula is C19H21N5OS. The monoisotopic (exact) mass is 367 g/mol. The fraction of sp³-hybridized carbons (Fsp3) is 0.263. The van der Waals surface area contributed by atoms with E-state index in [9.17, 15) is 15.3 Å². The summed E-state index contributed by atoms with van der Waals surface area (Å²) in [5.41, 5.74) is 6.52. The van der Waals surface area contributed by atoms with Gasteiger partial charge in [0, 0.05) is 14.1 Å². The first kappa shape index (κ1) is 21.0. The number of carbonyl (C=O) groups is 1. The maximum Gasteiger partial charge on any atom is 0.227 e. The van der Waals surface area contributed by atoms with Gasteiger partial charge >= 0.3 is 0 Å². The molecule has 0 atom stereocenters. The highest BCUT2D eigenvalue weighted by Gasteiger charge is 2.20. The molecule has 0 aliphatic carbocycles. The minimum Gasteiger partial charge on any atom is -0.369 e. The molecule has 6 nitrogen and oxygen atoms in total. The molecule has 0 aliphatic rings. The number of primary amides is 1. The van der Waals surface area contributed by atoms with Crippen LogP contribution in [-0.4, -0.2) is 30.7 Å². The smallest absolute Gasteiger partial charge is 0.227 e. The summed E-state index contributed by atoms with van der Waals surface area (Å²) in [4.78, 5) is 16.9. The van der Waals surface area contributed by atoms with Crippen molar-refractivity contribution in [1.29, 1.82) is 10.5 Å². The van der Waals surface area contributed by atoms with Crippen LogP contribution in [0, 0.1) is 22.7 Å². The predicted octanol–water partition coefficient (Wildman–Crippen LogP) is 2.72. The molecule has 1 aromatic heterocycles. The van der Waals surface area contributed by atoms with E-state index in [2.05, 4.69) is 17.1 Å². The lowest BCUT2D eigenvalue weighted by Gasteiger charge is -2.18. The van der Waals surface area contributed by atoms with Crippen LogP contribution in [0.1, 0.15) is 23.6 Å². The summed E-state index contributed by atoms with van der Waals surface area (Å²) in [6.45, 7) is 1.87. The van der Waals surface area contributed by atoms with E-state index >= 15 is 0 Å². The Morgan fingerprint density at radius 1 is 1.12 bits per heavy atom. The van der Waals surface area contributed by atoms with Crippen molar-refractivity contribution in [3.05, 3.63) is 53.1 Å². The number of nitriles is 2. The maximum atomic E-state index is 10.9. The first-order chi connectivity index (χ1) is 12.5. The number of nitrogens with two attached hydrogens (primary N) is 1. The number of aromatic nitrogens is 1. The van der Waals surface area contributed by atoms with Crippen LogP contribution in [0.15, 0.2) is 41.4 Å². The lowest BCUT2D eigenvalue weighted by molar-refractivity contribution is -0.115. The highest BCUT2D eigenvalue weighted by Crippen LogP contribution is 2.30. The Morgan fingerprint density at radius 2 is 1.62 bits per heavy atom. The normalized spacial score (nSPS) is 9.27. The summed E-state index contributed by atoms with van der Waals surface area (Å²) in [5, 5.41) is 19.0. The molecule has 0 radical (unpaired) electrons. The van der Waals surface area contributed by atoms with Gasteiger partial charge in [0.2, 0.25) is 5.91 Å². The molecule has 2 N–H and O–H groups in total. The highest BCUT2D eigenvalue weighted by atomic mass is 32.2. The molecule has 1 aromatic carbocycles. The zero-order chi connectivity index (χ0) is 19.5. The van der Waals surface area contributed by atoms with Crippen LogP contribution in [0.3, 0.4) is 0 Å². The summed E-state index contributed by atoms with van der Waals surface area (Å²) in [6, 6.07) is 16.2. The summed E-state index contributed by atoms with van der Waals surface area (Å²) in [6.07, 6.45) is 0.541. The molecule has 0 bridgehead atoms. The quantitative estimate of drug-likeness (QED) is 0.814. The van der Waals surface area contributed by atoms with Crippen LogP contribution in [0.5, 0.6) is 0 Å². The second-order valence-electron chi connectivity index (χ2n) is 5.35. The summed E-state index contributed by atoms with van der Waals surface area (Å²) >= 11 is 1.12. The molecule has 2 aromatic rings. The number of thioether (sulfide) groups is 1. The first-order valence-electron chi connectivity index (χ1n) is 7.91. The van der Waals surface area contributed by atoms with E-state index in [1.807, 2.05) is 43.3 Å². The third-order valence-corrected chi connectivity index (χ3v) is 4.26. The van der Waals surface area contributed by atoms with Gasteiger partial charge in [0.05, 0.1) is 16.9 Å². The Hall–Kier alpha value is -3.03. The zero-order valence-corrected chi connectivity index (χ0v) is 15.9. The second-order valence-corrected chi connectivity index (χ2v) is 6.31. The molecule has 1 heterocycles. The molecule has 0 saturated carbocycles. The van der Waals surface area contributed by atoms with Gasteiger partial charge in [0.25, 0.3) is 0 Å². The van der Waals surface area contributed by atoms with Crippen molar-refractivity contribution in [1.82, 2.24) is 4.98 Å². The van der Waals surface area contributed by atoms with Gasteiger partial charge in [0.1, 0.15) is 23.0 Å². The van der Waals surface area contributed by atoms with Crippen LogP contribution in [0.4, 0.5) is 5.82 Å². The number of rotatable bonds is 5. The number of nitrogens with zero attached hydrogens (tertiary/aromatic N) is 4. The molecular weight excluding hydrogens is 346 g/mol. The molecule has 26 heavy (non-hydrogen) atoms. The van der Waals surface area contributed by atoms with E-state index in [0.717, 1.165) is 11.8 Å². The third-order valence-electron chi connectivity index (χ3n) is 3.27. The Morgan fingerprint density at radius 3 is 1.96 bits per heavy atom. The van der Waals surface area contributed by atoms with Crippen molar-refractivity contribution in [2.45, 2.75) is 18.4 Å². The van der Waals surface area contributed by atoms with E-state index in [-0.39, 0.29) is 5.75 Å². The van der Waals surface area contributed by atoms with Crippen molar-refractivity contribution in [3.8, 4) is 12.1 Å². The number of carbonyl (C=O) groups excluding carboxylic acids is 1.